The Balaban J connectivity index is 1.70. The largest absolute Gasteiger partial charge is 0.328 e. The first-order valence-electron chi connectivity index (χ1n) is 7.48. The highest BCUT2D eigenvalue weighted by molar-refractivity contribution is 4.83. The summed E-state index contributed by atoms with van der Waals surface area (Å²) >= 11 is 0. The van der Waals surface area contributed by atoms with Gasteiger partial charge in [0.15, 0.2) is 0 Å². The van der Waals surface area contributed by atoms with Gasteiger partial charge >= 0.3 is 0 Å². The third kappa shape index (κ3) is 3.67. The Hall–Kier alpha value is -0.160. The lowest BCUT2D eigenvalue weighted by atomic mass is 10.1. The van der Waals surface area contributed by atoms with Crippen LogP contribution in [-0.4, -0.2) is 79.1 Å². The maximum Gasteiger partial charge on any atom is 0.0195 e. The van der Waals surface area contributed by atoms with E-state index in [1.54, 1.807) is 0 Å². The van der Waals surface area contributed by atoms with Crippen LogP contribution in [0, 0.1) is 0 Å². The molecule has 18 heavy (non-hydrogen) atoms. The number of piperazine rings is 1. The molecule has 2 unspecified atom stereocenters. The molecule has 4 nitrogen and oxygen atoms in total. The van der Waals surface area contributed by atoms with Crippen LogP contribution in [0.25, 0.3) is 0 Å². The Kier molecular flexibility index (Phi) is 5.01. The lowest BCUT2D eigenvalue weighted by Crippen LogP contribution is -2.56. The fourth-order valence-electron chi connectivity index (χ4n) is 3.16. The van der Waals surface area contributed by atoms with Crippen molar-refractivity contribution in [3.05, 3.63) is 0 Å². The monoisotopic (exact) mass is 254 g/mol. The van der Waals surface area contributed by atoms with Crippen molar-refractivity contribution in [2.75, 3.05) is 46.3 Å². The van der Waals surface area contributed by atoms with Crippen molar-refractivity contribution >= 4 is 0 Å². The van der Waals surface area contributed by atoms with Gasteiger partial charge in [-0.1, -0.05) is 0 Å². The standard InChI is InChI=1S/C14H30N4/c1-12-10-18(11-13(2)16(12)3)9-8-17-6-4-14(15)5-7-17/h12-14H,4-11,15H2,1-3H3. The predicted octanol–water partition coefficient (Wildman–Crippen LogP) is 0.434. The average Bonchev–Trinajstić information content (AvgIpc) is 2.35. The number of likely N-dealkylation sites (N-methyl/N-ethyl adjacent to an activating group) is 1. The third-order valence-corrected chi connectivity index (χ3v) is 4.80. The highest BCUT2D eigenvalue weighted by atomic mass is 15.3. The fraction of sp³-hybridized carbons (Fsp3) is 1.00. The summed E-state index contributed by atoms with van der Waals surface area (Å²) in [6, 6.07) is 1.82. The van der Waals surface area contributed by atoms with Gasteiger partial charge < -0.3 is 10.6 Å². The molecular formula is C14H30N4. The van der Waals surface area contributed by atoms with Crippen LogP contribution in [0.5, 0.6) is 0 Å². The number of hydrogen-bond donors (Lipinski definition) is 1. The van der Waals surface area contributed by atoms with Crippen LogP contribution < -0.4 is 5.73 Å². The molecule has 0 saturated carbocycles. The van der Waals surface area contributed by atoms with Crippen molar-refractivity contribution < 1.29 is 0 Å². The van der Waals surface area contributed by atoms with E-state index in [-0.39, 0.29) is 0 Å². The van der Waals surface area contributed by atoms with E-state index in [0.717, 1.165) is 0 Å². The van der Waals surface area contributed by atoms with E-state index in [0.29, 0.717) is 18.1 Å². The van der Waals surface area contributed by atoms with Crippen LogP contribution in [0.4, 0.5) is 0 Å². The fourth-order valence-corrected chi connectivity index (χ4v) is 3.16. The van der Waals surface area contributed by atoms with Gasteiger partial charge in [0, 0.05) is 44.3 Å². The lowest BCUT2D eigenvalue weighted by Gasteiger charge is -2.43. The topological polar surface area (TPSA) is 35.7 Å². The molecule has 2 fully saturated rings. The first kappa shape index (κ1) is 14.3. The molecular weight excluding hydrogens is 224 g/mol. The molecule has 4 heteroatoms. The maximum atomic E-state index is 5.94. The third-order valence-electron chi connectivity index (χ3n) is 4.80. The zero-order valence-electron chi connectivity index (χ0n) is 12.3. The van der Waals surface area contributed by atoms with Crippen molar-refractivity contribution in [3.63, 3.8) is 0 Å². The van der Waals surface area contributed by atoms with E-state index >= 15 is 0 Å². The molecule has 2 aliphatic rings. The van der Waals surface area contributed by atoms with Gasteiger partial charge in [0.05, 0.1) is 0 Å². The number of nitrogens with zero attached hydrogens (tertiary/aromatic N) is 3. The van der Waals surface area contributed by atoms with Crippen LogP contribution >= 0.6 is 0 Å². The van der Waals surface area contributed by atoms with Gasteiger partial charge in [0.1, 0.15) is 0 Å². The number of hydrogen-bond acceptors (Lipinski definition) is 4. The molecule has 0 aliphatic carbocycles. The Morgan fingerprint density at radius 1 is 0.944 bits per heavy atom. The van der Waals surface area contributed by atoms with Crippen molar-refractivity contribution in [1.29, 1.82) is 0 Å². The molecule has 0 aromatic heterocycles. The molecule has 0 spiro atoms. The summed E-state index contributed by atoms with van der Waals surface area (Å²) in [5.41, 5.74) is 5.94. The molecule has 2 rings (SSSR count). The second kappa shape index (κ2) is 6.33. The summed E-state index contributed by atoms with van der Waals surface area (Å²) in [4.78, 5) is 7.71. The number of nitrogens with two attached hydrogens (primary N) is 1. The van der Waals surface area contributed by atoms with Crippen LogP contribution in [0.15, 0.2) is 0 Å². The van der Waals surface area contributed by atoms with Gasteiger partial charge in [0.2, 0.25) is 0 Å². The van der Waals surface area contributed by atoms with E-state index in [9.17, 15) is 0 Å². The zero-order chi connectivity index (χ0) is 13.1. The summed E-state index contributed by atoms with van der Waals surface area (Å²) < 4.78 is 0. The normalized spacial score (nSPS) is 34.0. The molecule has 0 aromatic rings. The van der Waals surface area contributed by atoms with Crippen LogP contribution in [-0.2, 0) is 0 Å². The van der Waals surface area contributed by atoms with Crippen molar-refractivity contribution in [3.8, 4) is 0 Å². The minimum Gasteiger partial charge on any atom is -0.328 e. The number of rotatable bonds is 3. The molecule has 2 atom stereocenters. The number of likely N-dealkylation sites (tertiary alicyclic amines) is 1. The van der Waals surface area contributed by atoms with Gasteiger partial charge in [0.25, 0.3) is 0 Å². The minimum atomic E-state index is 0.449. The average molecular weight is 254 g/mol. The minimum absolute atomic E-state index is 0.449. The highest BCUT2D eigenvalue weighted by Crippen LogP contribution is 2.14. The Morgan fingerprint density at radius 3 is 2.00 bits per heavy atom. The summed E-state index contributed by atoms with van der Waals surface area (Å²) in [6.45, 7) is 11.9. The van der Waals surface area contributed by atoms with E-state index in [1.807, 2.05) is 0 Å². The smallest absolute Gasteiger partial charge is 0.0195 e. The molecule has 0 radical (unpaired) electrons. The van der Waals surface area contributed by atoms with Gasteiger partial charge in [-0.2, -0.15) is 0 Å². The van der Waals surface area contributed by atoms with Crippen LogP contribution in [0.2, 0.25) is 0 Å². The first-order valence-corrected chi connectivity index (χ1v) is 7.48. The van der Waals surface area contributed by atoms with E-state index < -0.39 is 0 Å². The summed E-state index contributed by atoms with van der Waals surface area (Å²) in [5.74, 6) is 0. The SMILES string of the molecule is CC1CN(CCN2CCC(N)CC2)CC(C)N1C. The van der Waals surface area contributed by atoms with Gasteiger partial charge in [-0.25, -0.2) is 0 Å². The van der Waals surface area contributed by atoms with E-state index in [4.69, 9.17) is 5.73 Å². The van der Waals surface area contributed by atoms with Crippen molar-refractivity contribution in [1.82, 2.24) is 14.7 Å². The summed E-state index contributed by atoms with van der Waals surface area (Å²) in [7, 11) is 2.25. The molecule has 0 amide bonds. The second-order valence-corrected chi connectivity index (χ2v) is 6.30. The van der Waals surface area contributed by atoms with Gasteiger partial charge in [-0.3, -0.25) is 9.80 Å². The van der Waals surface area contributed by atoms with E-state index in [2.05, 4.69) is 35.6 Å². The lowest BCUT2D eigenvalue weighted by molar-refractivity contribution is 0.0517. The van der Waals surface area contributed by atoms with Crippen LogP contribution in [0.1, 0.15) is 26.7 Å². The molecule has 0 aromatic carbocycles. The molecule has 0 bridgehead atoms. The van der Waals surface area contributed by atoms with Crippen molar-refractivity contribution in [2.45, 2.75) is 44.8 Å². The Bertz CT molecular complexity index is 238. The number of piperidine rings is 1. The summed E-state index contributed by atoms with van der Waals surface area (Å²) in [5, 5.41) is 0. The molecule has 106 valence electrons. The molecule has 2 N–H and O–H groups in total. The molecule has 2 saturated heterocycles. The Morgan fingerprint density at radius 2 is 1.44 bits per heavy atom. The van der Waals surface area contributed by atoms with E-state index in [1.165, 1.54) is 52.1 Å². The molecule has 2 heterocycles. The quantitative estimate of drug-likeness (QED) is 0.792. The predicted molar refractivity (Wildman–Crippen MR) is 76.8 cm³/mol. The first-order chi connectivity index (χ1) is 8.56. The second-order valence-electron chi connectivity index (χ2n) is 6.30. The van der Waals surface area contributed by atoms with Gasteiger partial charge in [-0.15, -0.1) is 0 Å². The summed E-state index contributed by atoms with van der Waals surface area (Å²) in [6.07, 6.45) is 2.35. The highest BCUT2D eigenvalue weighted by Gasteiger charge is 2.26. The zero-order valence-corrected chi connectivity index (χ0v) is 12.3. The maximum absolute atomic E-state index is 5.94. The van der Waals surface area contributed by atoms with Gasteiger partial charge in [-0.05, 0) is 46.8 Å². The Labute approximate surface area is 112 Å². The molecule has 2 aliphatic heterocycles. The van der Waals surface area contributed by atoms with Crippen molar-refractivity contribution in [2.24, 2.45) is 5.73 Å². The van der Waals surface area contributed by atoms with Crippen LogP contribution in [0.3, 0.4) is 0 Å².